The lowest BCUT2D eigenvalue weighted by Gasteiger charge is -2.43. The van der Waals surface area contributed by atoms with E-state index in [9.17, 15) is 4.79 Å². The first-order valence-electron chi connectivity index (χ1n) is 11.5. The van der Waals surface area contributed by atoms with Gasteiger partial charge in [0.15, 0.2) is 0 Å². The summed E-state index contributed by atoms with van der Waals surface area (Å²) in [6.07, 6.45) is 1.12. The highest BCUT2D eigenvalue weighted by atomic mass is 32.2. The Bertz CT molecular complexity index is 902. The van der Waals surface area contributed by atoms with Crippen LogP contribution in [0.15, 0.2) is 36.4 Å². The fraction of sp³-hybridized carbons (Fsp3) is 0.542. The molecule has 0 bridgehead atoms. The first-order valence-corrected chi connectivity index (χ1v) is 13.4. The molecule has 0 aliphatic carbocycles. The predicted molar refractivity (Wildman–Crippen MR) is 132 cm³/mol. The molecular weight excluding hydrogens is 442 g/mol. The smallest absolute Gasteiger partial charge is 0.261 e. The minimum atomic E-state index is 0.0382. The van der Waals surface area contributed by atoms with E-state index in [1.165, 1.54) is 5.00 Å². The Kier molecular flexibility index (Phi) is 7.04. The Morgan fingerprint density at radius 2 is 1.75 bits per heavy atom. The monoisotopic (exact) mass is 473 g/mol. The Balaban J connectivity index is 1.35. The van der Waals surface area contributed by atoms with Gasteiger partial charge in [-0.1, -0.05) is 30.3 Å². The number of morpholine rings is 2. The molecule has 1 unspecified atom stereocenters. The largest absolute Gasteiger partial charge is 0.379 e. The number of carbonyl (C=O) groups excluding carboxylic acids is 1. The lowest BCUT2D eigenvalue weighted by molar-refractivity contribution is -0.0129. The lowest BCUT2D eigenvalue weighted by atomic mass is 9.95. The van der Waals surface area contributed by atoms with E-state index < -0.39 is 0 Å². The maximum absolute atomic E-state index is 13.3. The molecule has 3 saturated heterocycles. The molecule has 0 saturated carbocycles. The molecule has 172 valence electrons. The topological polar surface area (TPSA) is 54.0 Å². The van der Waals surface area contributed by atoms with E-state index >= 15 is 0 Å². The summed E-state index contributed by atoms with van der Waals surface area (Å²) in [6.45, 7) is 7.36. The van der Waals surface area contributed by atoms with Gasteiger partial charge in [0.05, 0.1) is 36.3 Å². The van der Waals surface area contributed by atoms with Crippen LogP contribution in [0.5, 0.6) is 0 Å². The second-order valence-electron chi connectivity index (χ2n) is 8.60. The molecule has 4 heterocycles. The normalized spacial score (nSPS) is 24.6. The van der Waals surface area contributed by atoms with Crippen LogP contribution in [-0.2, 0) is 9.47 Å². The zero-order valence-corrected chi connectivity index (χ0v) is 20.0. The number of rotatable bonds is 6. The maximum Gasteiger partial charge on any atom is 0.261 e. The van der Waals surface area contributed by atoms with Crippen molar-refractivity contribution in [1.82, 2.24) is 10.2 Å². The second-order valence-corrected chi connectivity index (χ2v) is 10.7. The molecule has 8 heteroatoms. The number of hydrogen-bond acceptors (Lipinski definition) is 7. The molecule has 0 spiro atoms. The number of ether oxygens (including phenoxy) is 2. The van der Waals surface area contributed by atoms with E-state index in [0.717, 1.165) is 86.5 Å². The van der Waals surface area contributed by atoms with Crippen molar-refractivity contribution in [2.75, 3.05) is 75.6 Å². The zero-order chi connectivity index (χ0) is 21.8. The van der Waals surface area contributed by atoms with Crippen LogP contribution in [0.4, 0.5) is 5.00 Å². The fourth-order valence-electron chi connectivity index (χ4n) is 4.79. The van der Waals surface area contributed by atoms with Crippen molar-refractivity contribution >= 4 is 34.0 Å². The number of hydrogen-bond donors (Lipinski definition) is 1. The molecule has 0 radical (unpaired) electrons. The molecule has 32 heavy (non-hydrogen) atoms. The fourth-order valence-corrected chi connectivity index (χ4v) is 7.41. The van der Waals surface area contributed by atoms with Gasteiger partial charge in [0.2, 0.25) is 0 Å². The predicted octanol–water partition coefficient (Wildman–Crippen LogP) is 3.19. The quantitative estimate of drug-likeness (QED) is 0.696. The first kappa shape index (κ1) is 22.2. The summed E-state index contributed by atoms with van der Waals surface area (Å²) in [5, 5.41) is 4.48. The van der Waals surface area contributed by atoms with Crippen LogP contribution in [0.2, 0.25) is 0 Å². The molecule has 3 aliphatic heterocycles. The van der Waals surface area contributed by atoms with E-state index in [2.05, 4.69) is 45.4 Å². The number of nitrogens with zero attached hydrogens (tertiary/aromatic N) is 2. The summed E-state index contributed by atoms with van der Waals surface area (Å²) in [6, 6.07) is 12.5. The average Bonchev–Trinajstić information content (AvgIpc) is 3.53. The molecule has 3 aliphatic rings. The first-order chi connectivity index (χ1) is 15.8. The van der Waals surface area contributed by atoms with Crippen molar-refractivity contribution in [3.8, 4) is 11.1 Å². The van der Waals surface area contributed by atoms with Crippen molar-refractivity contribution in [3.05, 3.63) is 41.3 Å². The van der Waals surface area contributed by atoms with Crippen LogP contribution < -0.4 is 10.2 Å². The summed E-state index contributed by atoms with van der Waals surface area (Å²) < 4.78 is 11.1. The summed E-state index contributed by atoms with van der Waals surface area (Å²) in [5.74, 6) is 2.27. The number of benzene rings is 1. The highest BCUT2D eigenvalue weighted by Gasteiger charge is 2.41. The zero-order valence-electron chi connectivity index (χ0n) is 18.4. The van der Waals surface area contributed by atoms with Crippen LogP contribution in [0.3, 0.4) is 0 Å². The van der Waals surface area contributed by atoms with Crippen LogP contribution in [-0.4, -0.2) is 87.0 Å². The molecule has 2 aromatic rings. The van der Waals surface area contributed by atoms with E-state index in [4.69, 9.17) is 9.47 Å². The van der Waals surface area contributed by atoms with E-state index in [0.29, 0.717) is 6.54 Å². The second kappa shape index (κ2) is 10.1. The summed E-state index contributed by atoms with van der Waals surface area (Å²) in [4.78, 5) is 19.0. The van der Waals surface area contributed by atoms with Gasteiger partial charge in [-0.15, -0.1) is 11.3 Å². The average molecular weight is 474 g/mol. The summed E-state index contributed by atoms with van der Waals surface area (Å²) in [5.41, 5.74) is 2.35. The molecule has 6 nitrogen and oxygen atoms in total. The number of anilines is 1. The number of carbonyl (C=O) groups is 1. The standard InChI is InChI=1S/C24H31N3O3S2/c28-22(25-17-24(6-15-31-18-24)27-9-13-30-14-10-27)21-16-20(19-4-2-1-3-5-19)23(32-21)26-7-11-29-12-8-26/h1-5,16H,6-15,17-18H2,(H,25,28). The van der Waals surface area contributed by atoms with Gasteiger partial charge in [-0.2, -0.15) is 11.8 Å². The van der Waals surface area contributed by atoms with Gasteiger partial charge in [-0.3, -0.25) is 9.69 Å². The minimum absolute atomic E-state index is 0.0382. The molecule has 1 aromatic carbocycles. The summed E-state index contributed by atoms with van der Waals surface area (Å²) in [7, 11) is 0. The Hall–Kier alpha value is -1.58. The van der Waals surface area contributed by atoms with Crippen molar-refractivity contribution in [1.29, 1.82) is 0 Å². The van der Waals surface area contributed by atoms with Gasteiger partial charge in [0.1, 0.15) is 0 Å². The third kappa shape index (κ3) is 4.70. The van der Waals surface area contributed by atoms with Crippen LogP contribution in [0.1, 0.15) is 16.1 Å². The van der Waals surface area contributed by atoms with E-state index in [1.807, 2.05) is 17.8 Å². The lowest BCUT2D eigenvalue weighted by Crippen LogP contribution is -2.59. The van der Waals surface area contributed by atoms with Gasteiger partial charge in [-0.25, -0.2) is 0 Å². The minimum Gasteiger partial charge on any atom is -0.379 e. The third-order valence-electron chi connectivity index (χ3n) is 6.66. The molecule has 1 N–H and O–H groups in total. The number of thioether (sulfide) groups is 1. The van der Waals surface area contributed by atoms with Crippen LogP contribution >= 0.6 is 23.1 Å². The van der Waals surface area contributed by atoms with Gasteiger partial charge in [0.25, 0.3) is 5.91 Å². The van der Waals surface area contributed by atoms with Crippen molar-refractivity contribution < 1.29 is 14.3 Å². The highest BCUT2D eigenvalue weighted by Crippen LogP contribution is 2.40. The molecule has 3 fully saturated rings. The maximum atomic E-state index is 13.3. The molecule has 1 atom stereocenters. The molecular formula is C24H31N3O3S2. The number of thiophene rings is 1. The summed E-state index contributed by atoms with van der Waals surface area (Å²) >= 11 is 3.60. The number of nitrogens with one attached hydrogen (secondary N) is 1. The van der Waals surface area contributed by atoms with Gasteiger partial charge < -0.3 is 19.7 Å². The van der Waals surface area contributed by atoms with Gasteiger partial charge >= 0.3 is 0 Å². The van der Waals surface area contributed by atoms with Crippen molar-refractivity contribution in [2.24, 2.45) is 0 Å². The van der Waals surface area contributed by atoms with E-state index in [1.54, 1.807) is 11.3 Å². The molecule has 1 amide bonds. The SMILES string of the molecule is O=C(NCC1(N2CCOCC2)CCSC1)c1cc(-c2ccccc2)c(N2CCOCC2)s1. The van der Waals surface area contributed by atoms with Gasteiger partial charge in [-0.05, 0) is 23.8 Å². The highest BCUT2D eigenvalue weighted by molar-refractivity contribution is 7.99. The molecule has 5 rings (SSSR count). The van der Waals surface area contributed by atoms with Crippen LogP contribution in [0, 0.1) is 0 Å². The van der Waals surface area contributed by atoms with Crippen molar-refractivity contribution in [2.45, 2.75) is 12.0 Å². The Morgan fingerprint density at radius 1 is 1.03 bits per heavy atom. The van der Waals surface area contributed by atoms with Crippen molar-refractivity contribution in [3.63, 3.8) is 0 Å². The van der Waals surface area contributed by atoms with Crippen LogP contribution in [0.25, 0.3) is 11.1 Å². The number of amides is 1. The molecule has 1 aromatic heterocycles. The Labute approximate surface area is 198 Å². The third-order valence-corrected chi connectivity index (χ3v) is 9.09. The van der Waals surface area contributed by atoms with E-state index in [-0.39, 0.29) is 11.4 Å². The van der Waals surface area contributed by atoms with Gasteiger partial charge in [0, 0.05) is 49.6 Å². The Morgan fingerprint density at radius 3 is 2.44 bits per heavy atom.